The van der Waals surface area contributed by atoms with Crippen molar-refractivity contribution in [3.8, 4) is 5.75 Å². The smallest absolute Gasteiger partial charge is 0.434 e. The van der Waals surface area contributed by atoms with Crippen LogP contribution < -0.4 is 26.4 Å². The minimum Gasteiger partial charge on any atom is -0.497 e. The predicted molar refractivity (Wildman–Crippen MR) is 154 cm³/mol. The van der Waals surface area contributed by atoms with E-state index in [0.29, 0.717) is 30.9 Å². The average molecular weight is 602 g/mol. The van der Waals surface area contributed by atoms with E-state index >= 15 is 0 Å². The molecule has 2 aromatic heterocycles. The van der Waals surface area contributed by atoms with Gasteiger partial charge in [-0.25, -0.2) is 9.97 Å². The van der Waals surface area contributed by atoms with E-state index in [1.165, 1.54) is 17.7 Å². The number of ether oxygens (including phenoxy) is 1. The zero-order valence-corrected chi connectivity index (χ0v) is 24.3. The van der Waals surface area contributed by atoms with Crippen molar-refractivity contribution in [2.24, 2.45) is 11.1 Å². The molecule has 2 atom stereocenters. The van der Waals surface area contributed by atoms with Crippen molar-refractivity contribution in [1.29, 1.82) is 0 Å². The number of benzene rings is 1. The quantitative estimate of drug-likeness (QED) is 0.318. The Morgan fingerprint density at radius 3 is 2.52 bits per heavy atom. The number of nitrogen functional groups attached to an aromatic ring is 1. The number of primary amides is 1. The first kappa shape index (κ1) is 29.9. The van der Waals surface area contributed by atoms with Crippen molar-refractivity contribution in [3.63, 3.8) is 0 Å². The molecule has 2 aliphatic rings. The molecule has 224 valence electrons. The fourth-order valence-corrected chi connectivity index (χ4v) is 7.03. The molecule has 1 saturated carbocycles. The molecule has 3 aromatic rings. The van der Waals surface area contributed by atoms with Crippen LogP contribution in [-0.4, -0.2) is 47.1 Å². The van der Waals surface area contributed by atoms with Gasteiger partial charge in [-0.05, 0) is 67.9 Å². The third kappa shape index (κ3) is 6.12. The second kappa shape index (κ2) is 12.0. The van der Waals surface area contributed by atoms with Crippen LogP contribution in [0.15, 0.2) is 52.5 Å². The summed E-state index contributed by atoms with van der Waals surface area (Å²) in [5.41, 5.74) is 12.0. The fourth-order valence-electron chi connectivity index (χ4n) is 6.13. The minimum absolute atomic E-state index is 0.0351. The van der Waals surface area contributed by atoms with Gasteiger partial charge < -0.3 is 26.4 Å². The van der Waals surface area contributed by atoms with Gasteiger partial charge in [0, 0.05) is 36.3 Å². The zero-order valence-electron chi connectivity index (χ0n) is 23.4. The Bertz CT molecular complexity index is 1430. The van der Waals surface area contributed by atoms with E-state index in [9.17, 15) is 18.0 Å². The van der Waals surface area contributed by atoms with Gasteiger partial charge in [0.05, 0.1) is 7.11 Å². The Balaban J connectivity index is 1.32. The number of halogens is 3. The summed E-state index contributed by atoms with van der Waals surface area (Å²) in [6.45, 7) is 3.41. The highest BCUT2D eigenvalue weighted by atomic mass is 32.2. The number of amides is 1. The molecule has 1 saturated heterocycles. The molecule has 0 unspecified atom stereocenters. The zero-order chi connectivity index (χ0) is 30.1. The molecule has 2 fully saturated rings. The summed E-state index contributed by atoms with van der Waals surface area (Å²) in [6.07, 6.45) is 1.47. The number of hydrogen-bond donors (Lipinski definition) is 3. The summed E-state index contributed by atoms with van der Waals surface area (Å²) in [6, 6.07) is 11.3. The molecular weight excluding hydrogens is 567 g/mol. The number of methoxy groups -OCH3 is 1. The van der Waals surface area contributed by atoms with Crippen molar-refractivity contribution in [2.45, 2.75) is 67.2 Å². The van der Waals surface area contributed by atoms with Crippen LogP contribution in [0.5, 0.6) is 5.75 Å². The van der Waals surface area contributed by atoms with E-state index in [1.807, 2.05) is 17.0 Å². The summed E-state index contributed by atoms with van der Waals surface area (Å²) in [4.78, 5) is 26.4. The van der Waals surface area contributed by atoms with Gasteiger partial charge in [0.25, 0.3) is 5.91 Å². The van der Waals surface area contributed by atoms with Crippen LogP contribution in [0.3, 0.4) is 0 Å². The van der Waals surface area contributed by atoms with Crippen LogP contribution in [0.1, 0.15) is 66.8 Å². The summed E-state index contributed by atoms with van der Waals surface area (Å²) in [5, 5.41) is 3.83. The van der Waals surface area contributed by atoms with Crippen molar-refractivity contribution in [2.75, 3.05) is 30.8 Å². The van der Waals surface area contributed by atoms with Gasteiger partial charge in [-0.1, -0.05) is 30.3 Å². The number of nitrogens with zero attached hydrogens (tertiary/aromatic N) is 4. The van der Waals surface area contributed by atoms with Gasteiger partial charge in [0.2, 0.25) is 0 Å². The number of alkyl halides is 3. The topological polar surface area (TPSA) is 132 Å². The molecule has 1 aromatic carbocycles. The number of carbonyl (C=O) groups is 1. The molecule has 3 heterocycles. The Kier molecular flexibility index (Phi) is 8.51. The minimum atomic E-state index is -4.67. The van der Waals surface area contributed by atoms with Crippen LogP contribution in [-0.2, 0) is 6.18 Å². The number of nitrogens with one attached hydrogen (secondary N) is 1. The first-order valence-corrected chi connectivity index (χ1v) is 14.6. The Morgan fingerprint density at radius 2 is 1.88 bits per heavy atom. The number of hydrogen-bond acceptors (Lipinski definition) is 9. The molecule has 0 radical (unpaired) electrons. The maximum absolute atomic E-state index is 13.5. The molecule has 9 nitrogen and oxygen atoms in total. The van der Waals surface area contributed by atoms with Crippen LogP contribution in [0.2, 0.25) is 0 Å². The lowest BCUT2D eigenvalue weighted by molar-refractivity contribution is -0.143. The van der Waals surface area contributed by atoms with E-state index in [2.05, 4.69) is 39.3 Å². The molecule has 5 N–H and O–H groups in total. The number of piperidine rings is 1. The number of pyridine rings is 1. The van der Waals surface area contributed by atoms with Crippen LogP contribution >= 0.6 is 11.8 Å². The first-order valence-electron chi connectivity index (χ1n) is 13.8. The summed E-state index contributed by atoms with van der Waals surface area (Å²) in [5.74, 6) is 0.182. The molecule has 1 amide bonds. The lowest BCUT2D eigenvalue weighted by Gasteiger charge is -2.44. The number of nitrogens with two attached hydrogens (primary N) is 2. The summed E-state index contributed by atoms with van der Waals surface area (Å²) in [7, 11) is 1.65. The molecule has 1 aliphatic carbocycles. The Morgan fingerprint density at radius 1 is 1.17 bits per heavy atom. The van der Waals surface area contributed by atoms with E-state index in [1.54, 1.807) is 7.11 Å². The van der Waals surface area contributed by atoms with Crippen molar-refractivity contribution in [1.82, 2.24) is 20.3 Å². The van der Waals surface area contributed by atoms with Gasteiger partial charge in [0.1, 0.15) is 10.8 Å². The molecular formula is C29H34F3N7O2S. The van der Waals surface area contributed by atoms with Gasteiger partial charge in [-0.2, -0.15) is 13.2 Å². The lowest BCUT2D eigenvalue weighted by Crippen LogP contribution is -2.49. The Labute approximate surface area is 246 Å². The first-order chi connectivity index (χ1) is 20.0. The molecule has 1 spiro atoms. The second-order valence-corrected chi connectivity index (χ2v) is 11.9. The van der Waals surface area contributed by atoms with Crippen molar-refractivity contribution < 1.29 is 22.7 Å². The average Bonchev–Trinajstić information content (AvgIpc) is 3.34. The third-order valence-corrected chi connectivity index (χ3v) is 9.43. The van der Waals surface area contributed by atoms with Gasteiger partial charge in [-0.15, -0.1) is 0 Å². The number of anilines is 2. The second-order valence-electron chi connectivity index (χ2n) is 10.9. The molecule has 0 bridgehead atoms. The standard InChI is InChI=1S/C29H34F3N7O2S/c1-17(18-7-9-19(41-2)10-8-18)36-21-6-3-11-28(21)12-15-39(16-13-28)26-22(25(34)40)37-27(24(33)38-26)42-20-5-4-14-35-23(20)29(30,31)32/h4-5,7-10,14,17,21,36H,3,6,11-13,15-16H2,1-2H3,(H2,33,38)(H2,34,40)/t17-,21-/m1/s1. The van der Waals surface area contributed by atoms with Crippen molar-refractivity contribution in [3.05, 3.63) is 59.5 Å². The largest absolute Gasteiger partial charge is 0.497 e. The molecule has 42 heavy (non-hydrogen) atoms. The van der Waals surface area contributed by atoms with Crippen LogP contribution in [0, 0.1) is 5.41 Å². The summed E-state index contributed by atoms with van der Waals surface area (Å²) >= 11 is 0.653. The number of rotatable bonds is 8. The number of aromatic nitrogens is 3. The molecule has 1 aliphatic heterocycles. The van der Waals surface area contributed by atoms with Gasteiger partial charge >= 0.3 is 6.18 Å². The highest BCUT2D eigenvalue weighted by Crippen LogP contribution is 2.48. The predicted octanol–water partition coefficient (Wildman–Crippen LogP) is 5.22. The SMILES string of the molecule is COc1ccc([C@@H](C)N[C@@H]2CCCC23CCN(c2nc(N)c(Sc4cccnc4C(F)(F)F)nc2C(N)=O)CC3)cc1. The monoisotopic (exact) mass is 601 g/mol. The third-order valence-electron chi connectivity index (χ3n) is 8.38. The fraction of sp³-hybridized carbons (Fsp3) is 0.448. The number of carbonyl (C=O) groups excluding carboxylic acids is 1. The van der Waals surface area contributed by atoms with E-state index in [4.69, 9.17) is 16.2 Å². The molecule has 5 rings (SSSR count). The maximum Gasteiger partial charge on any atom is 0.434 e. The van der Waals surface area contributed by atoms with E-state index in [0.717, 1.165) is 44.1 Å². The highest BCUT2D eigenvalue weighted by molar-refractivity contribution is 7.99. The van der Waals surface area contributed by atoms with Gasteiger partial charge in [0.15, 0.2) is 23.0 Å². The normalized spacial score (nSPS) is 19.2. The van der Waals surface area contributed by atoms with E-state index < -0.39 is 17.8 Å². The highest BCUT2D eigenvalue weighted by Gasteiger charge is 2.45. The maximum atomic E-state index is 13.5. The van der Waals surface area contributed by atoms with Crippen LogP contribution in [0.25, 0.3) is 0 Å². The Hall–Kier alpha value is -3.58. The lowest BCUT2D eigenvalue weighted by atomic mass is 9.73. The van der Waals surface area contributed by atoms with Crippen molar-refractivity contribution >= 4 is 29.3 Å². The van der Waals surface area contributed by atoms with E-state index in [-0.39, 0.29) is 38.7 Å². The molecule has 13 heteroatoms. The van der Waals surface area contributed by atoms with Crippen LogP contribution in [0.4, 0.5) is 24.8 Å². The summed E-state index contributed by atoms with van der Waals surface area (Å²) < 4.78 is 45.7. The van der Waals surface area contributed by atoms with Gasteiger partial charge in [-0.3, -0.25) is 9.78 Å².